The van der Waals surface area contributed by atoms with Gasteiger partial charge in [-0.25, -0.2) is 0 Å². The molecule has 4 nitrogen and oxygen atoms in total. The maximum absolute atomic E-state index is 5.74. The number of hydrogen-bond acceptors (Lipinski definition) is 3. The Hall–Kier alpha value is -2.27. The van der Waals surface area contributed by atoms with Crippen molar-refractivity contribution in [2.75, 3.05) is 12.4 Å². The molecule has 0 spiro atoms. The van der Waals surface area contributed by atoms with E-state index in [-0.39, 0.29) is 6.10 Å². The summed E-state index contributed by atoms with van der Waals surface area (Å²) >= 11 is 5.39. The first-order valence-electron chi connectivity index (χ1n) is 8.34. The molecule has 0 aliphatic carbocycles. The second-order valence-electron chi connectivity index (χ2n) is 6.28. The molecule has 25 heavy (non-hydrogen) atoms. The fourth-order valence-corrected chi connectivity index (χ4v) is 2.66. The minimum atomic E-state index is 0.104. The van der Waals surface area contributed by atoms with E-state index in [1.54, 1.807) is 7.11 Å². The Bertz CT molecular complexity index is 744. The van der Waals surface area contributed by atoms with E-state index in [0.717, 1.165) is 22.7 Å². The Morgan fingerprint density at radius 1 is 1.08 bits per heavy atom. The van der Waals surface area contributed by atoms with Gasteiger partial charge in [0.1, 0.15) is 0 Å². The zero-order valence-electron chi connectivity index (χ0n) is 15.5. The lowest BCUT2D eigenvalue weighted by Crippen LogP contribution is -2.28. The predicted octanol–water partition coefficient (Wildman–Crippen LogP) is 4.59. The van der Waals surface area contributed by atoms with Crippen LogP contribution in [0, 0.1) is 13.8 Å². The second-order valence-corrected chi connectivity index (χ2v) is 6.69. The van der Waals surface area contributed by atoms with Crippen LogP contribution < -0.4 is 20.1 Å². The van der Waals surface area contributed by atoms with Crippen molar-refractivity contribution in [1.82, 2.24) is 5.32 Å². The molecule has 2 aromatic carbocycles. The van der Waals surface area contributed by atoms with E-state index in [1.165, 1.54) is 11.1 Å². The third kappa shape index (κ3) is 5.64. The van der Waals surface area contributed by atoms with E-state index >= 15 is 0 Å². The van der Waals surface area contributed by atoms with Crippen LogP contribution in [0.3, 0.4) is 0 Å². The van der Waals surface area contributed by atoms with Crippen LogP contribution in [0.1, 0.15) is 30.5 Å². The van der Waals surface area contributed by atoms with Crippen LogP contribution in [-0.2, 0) is 6.54 Å². The number of hydrogen-bond donors (Lipinski definition) is 2. The molecule has 0 atom stereocenters. The van der Waals surface area contributed by atoms with Gasteiger partial charge in [0, 0.05) is 12.2 Å². The van der Waals surface area contributed by atoms with Crippen molar-refractivity contribution in [3.05, 3.63) is 53.1 Å². The van der Waals surface area contributed by atoms with Gasteiger partial charge in [-0.2, -0.15) is 0 Å². The van der Waals surface area contributed by atoms with E-state index in [4.69, 9.17) is 21.7 Å². The molecule has 0 saturated heterocycles. The number of anilines is 1. The average Bonchev–Trinajstić information content (AvgIpc) is 2.56. The van der Waals surface area contributed by atoms with Crippen LogP contribution in [0.4, 0.5) is 5.69 Å². The molecule has 0 aliphatic rings. The summed E-state index contributed by atoms with van der Waals surface area (Å²) in [5, 5.41) is 7.05. The lowest BCUT2D eigenvalue weighted by molar-refractivity contribution is 0.230. The molecule has 2 N–H and O–H groups in total. The van der Waals surface area contributed by atoms with Crippen LogP contribution in [0.15, 0.2) is 36.4 Å². The largest absolute Gasteiger partial charge is 0.493 e. The number of thiocarbonyl (C=S) groups is 1. The number of methoxy groups -OCH3 is 1. The van der Waals surface area contributed by atoms with E-state index < -0.39 is 0 Å². The van der Waals surface area contributed by atoms with Crippen LogP contribution >= 0.6 is 12.2 Å². The number of nitrogens with one attached hydrogen (secondary N) is 2. The van der Waals surface area contributed by atoms with E-state index in [1.807, 2.05) is 38.1 Å². The van der Waals surface area contributed by atoms with Gasteiger partial charge in [0.2, 0.25) is 0 Å². The first-order valence-corrected chi connectivity index (χ1v) is 8.75. The lowest BCUT2D eigenvalue weighted by Gasteiger charge is -2.16. The molecule has 0 aliphatic heterocycles. The normalized spacial score (nSPS) is 10.5. The minimum absolute atomic E-state index is 0.104. The smallest absolute Gasteiger partial charge is 0.171 e. The zero-order valence-corrected chi connectivity index (χ0v) is 16.3. The third-order valence-corrected chi connectivity index (χ3v) is 3.92. The molecule has 0 heterocycles. The molecule has 0 amide bonds. The van der Waals surface area contributed by atoms with Gasteiger partial charge in [0.25, 0.3) is 0 Å². The van der Waals surface area contributed by atoms with Crippen molar-refractivity contribution in [3.63, 3.8) is 0 Å². The molecule has 0 fully saturated rings. The summed E-state index contributed by atoms with van der Waals surface area (Å²) in [6.45, 7) is 8.73. The highest BCUT2D eigenvalue weighted by atomic mass is 32.1. The summed E-state index contributed by atoms with van der Waals surface area (Å²) in [5.41, 5.74) is 4.48. The Morgan fingerprint density at radius 2 is 1.84 bits per heavy atom. The van der Waals surface area contributed by atoms with E-state index in [9.17, 15) is 0 Å². The van der Waals surface area contributed by atoms with E-state index in [0.29, 0.717) is 11.7 Å². The highest BCUT2D eigenvalue weighted by Crippen LogP contribution is 2.29. The Kier molecular flexibility index (Phi) is 6.65. The van der Waals surface area contributed by atoms with E-state index in [2.05, 4.69) is 36.6 Å². The summed E-state index contributed by atoms with van der Waals surface area (Å²) in [6.07, 6.45) is 0.104. The topological polar surface area (TPSA) is 42.5 Å². The summed E-state index contributed by atoms with van der Waals surface area (Å²) in [5.74, 6) is 1.47. The summed E-state index contributed by atoms with van der Waals surface area (Å²) < 4.78 is 11.2. The molecule has 5 heteroatoms. The quantitative estimate of drug-likeness (QED) is 0.740. The van der Waals surface area contributed by atoms with Crippen LogP contribution in [-0.4, -0.2) is 18.3 Å². The van der Waals surface area contributed by atoms with Crippen molar-refractivity contribution in [1.29, 1.82) is 0 Å². The third-order valence-electron chi connectivity index (χ3n) is 3.67. The molecule has 0 aromatic heterocycles. The second kappa shape index (κ2) is 8.72. The summed E-state index contributed by atoms with van der Waals surface area (Å²) in [4.78, 5) is 0. The molecule has 2 aromatic rings. The monoisotopic (exact) mass is 358 g/mol. The van der Waals surface area contributed by atoms with Gasteiger partial charge in [-0.05, 0) is 69.2 Å². The molecular formula is C20H26N2O2S. The Labute approximate surface area is 155 Å². The number of aryl methyl sites for hydroxylation is 2. The van der Waals surface area contributed by atoms with Gasteiger partial charge < -0.3 is 20.1 Å². The molecule has 0 radical (unpaired) electrons. The first-order chi connectivity index (χ1) is 11.9. The maximum Gasteiger partial charge on any atom is 0.171 e. The van der Waals surface area contributed by atoms with Gasteiger partial charge in [-0.3, -0.25) is 0 Å². The fourth-order valence-electron chi connectivity index (χ4n) is 2.48. The van der Waals surface area contributed by atoms with Crippen LogP contribution in [0.25, 0.3) is 0 Å². The Morgan fingerprint density at radius 3 is 2.48 bits per heavy atom. The Balaban J connectivity index is 1.97. The van der Waals surface area contributed by atoms with Crippen molar-refractivity contribution < 1.29 is 9.47 Å². The SMILES string of the molecule is COc1cc(CNC(=S)Nc2ccc(C)cc2C)ccc1OC(C)C. The van der Waals surface area contributed by atoms with Crippen molar-refractivity contribution in [2.45, 2.75) is 40.3 Å². The van der Waals surface area contributed by atoms with Gasteiger partial charge in [-0.1, -0.05) is 23.8 Å². The molecular weight excluding hydrogens is 332 g/mol. The van der Waals surface area contributed by atoms with Gasteiger partial charge >= 0.3 is 0 Å². The average molecular weight is 359 g/mol. The predicted molar refractivity (Wildman–Crippen MR) is 108 cm³/mol. The standard InChI is InChI=1S/C20H26N2O2S/c1-13(2)24-18-9-7-16(11-19(18)23-5)12-21-20(25)22-17-8-6-14(3)10-15(17)4/h6-11,13H,12H2,1-5H3,(H2,21,22,25). The van der Waals surface area contributed by atoms with Gasteiger partial charge in [0.05, 0.1) is 13.2 Å². The number of ether oxygens (including phenoxy) is 2. The minimum Gasteiger partial charge on any atom is -0.493 e. The van der Waals surface area contributed by atoms with Crippen molar-refractivity contribution in [2.24, 2.45) is 0 Å². The highest BCUT2D eigenvalue weighted by molar-refractivity contribution is 7.80. The van der Waals surface area contributed by atoms with Gasteiger partial charge in [-0.15, -0.1) is 0 Å². The van der Waals surface area contributed by atoms with Crippen molar-refractivity contribution in [3.8, 4) is 11.5 Å². The number of benzene rings is 2. The molecule has 2 rings (SSSR count). The molecule has 134 valence electrons. The molecule has 0 unspecified atom stereocenters. The fraction of sp³-hybridized carbons (Fsp3) is 0.350. The van der Waals surface area contributed by atoms with Gasteiger partial charge in [0.15, 0.2) is 16.6 Å². The van der Waals surface area contributed by atoms with Crippen LogP contribution in [0.2, 0.25) is 0 Å². The van der Waals surface area contributed by atoms with Crippen LogP contribution in [0.5, 0.6) is 11.5 Å². The lowest BCUT2D eigenvalue weighted by atomic mass is 10.1. The zero-order chi connectivity index (χ0) is 18.4. The highest BCUT2D eigenvalue weighted by Gasteiger charge is 2.08. The molecule has 0 bridgehead atoms. The van der Waals surface area contributed by atoms with Crippen molar-refractivity contribution >= 4 is 23.0 Å². The number of rotatable bonds is 6. The maximum atomic E-state index is 5.74. The summed E-state index contributed by atoms with van der Waals surface area (Å²) in [6, 6.07) is 12.1. The molecule has 0 saturated carbocycles. The first kappa shape index (κ1) is 19.1. The summed E-state index contributed by atoms with van der Waals surface area (Å²) in [7, 11) is 1.64.